The highest BCUT2D eigenvalue weighted by Gasteiger charge is 2.18. The Morgan fingerprint density at radius 1 is 0.968 bits per heavy atom. The van der Waals surface area contributed by atoms with Gasteiger partial charge >= 0.3 is 6.03 Å². The number of hydrogen-bond acceptors (Lipinski definition) is 5. The Balaban J connectivity index is 1.60. The molecule has 0 saturated carbocycles. The lowest BCUT2D eigenvalue weighted by atomic mass is 10.1. The van der Waals surface area contributed by atoms with Crippen LogP contribution in [0.1, 0.15) is 6.42 Å². The van der Waals surface area contributed by atoms with Crippen LogP contribution in [0, 0.1) is 0 Å². The second kappa shape index (κ2) is 9.70. The lowest BCUT2D eigenvalue weighted by molar-refractivity contribution is 0.252. The van der Waals surface area contributed by atoms with E-state index in [2.05, 4.69) is 10.6 Å². The fraction of sp³-hybridized carbons (Fsp3) is 0.261. The van der Waals surface area contributed by atoms with E-state index in [1.165, 1.54) is 0 Å². The molecule has 0 aliphatic carbocycles. The van der Waals surface area contributed by atoms with Crippen LogP contribution < -0.4 is 20.3 Å². The zero-order valence-electron chi connectivity index (χ0n) is 17.9. The molecule has 0 aromatic heterocycles. The Bertz CT molecular complexity index is 1160. The van der Waals surface area contributed by atoms with Gasteiger partial charge in [-0.1, -0.05) is 24.3 Å². The van der Waals surface area contributed by atoms with E-state index >= 15 is 0 Å². The molecule has 0 saturated heterocycles. The molecule has 8 heteroatoms. The maximum atomic E-state index is 13.0. The minimum Gasteiger partial charge on any atom is -0.497 e. The summed E-state index contributed by atoms with van der Waals surface area (Å²) in [6.07, 6.45) is 0.308. The van der Waals surface area contributed by atoms with Crippen molar-refractivity contribution in [3.8, 4) is 5.75 Å². The van der Waals surface area contributed by atoms with E-state index in [1.54, 1.807) is 43.5 Å². The van der Waals surface area contributed by atoms with Crippen molar-refractivity contribution >= 4 is 38.0 Å². The molecule has 164 valence electrons. The van der Waals surface area contributed by atoms with E-state index < -0.39 is 9.84 Å². The van der Waals surface area contributed by atoms with Crippen molar-refractivity contribution in [1.29, 1.82) is 0 Å². The van der Waals surface area contributed by atoms with Crippen LogP contribution in [0.5, 0.6) is 5.75 Å². The van der Waals surface area contributed by atoms with Gasteiger partial charge in [0.1, 0.15) is 5.75 Å². The standard InChI is InChI=1S/C23H27N3O4S/c1-26(2)21-9-4-8-20-19(21)7-5-10-22(20)31(28,29)16-6-15-24-23(27)25-17-11-13-18(30-3)14-12-17/h4-5,7-14H,6,15-16H2,1-3H3,(H2,24,25,27). The molecule has 0 aliphatic heterocycles. The number of fused-ring (bicyclic) bond motifs is 1. The summed E-state index contributed by atoms with van der Waals surface area (Å²) in [6.45, 7) is 0.245. The highest BCUT2D eigenvalue weighted by Crippen LogP contribution is 2.30. The third-order valence-electron chi connectivity index (χ3n) is 4.90. The molecule has 0 unspecified atom stereocenters. The summed E-state index contributed by atoms with van der Waals surface area (Å²) < 4.78 is 31.0. The van der Waals surface area contributed by atoms with E-state index in [9.17, 15) is 13.2 Å². The van der Waals surface area contributed by atoms with Crippen molar-refractivity contribution in [1.82, 2.24) is 5.32 Å². The SMILES string of the molecule is COc1ccc(NC(=O)NCCCS(=O)(=O)c2cccc3c(N(C)C)cccc23)cc1. The van der Waals surface area contributed by atoms with Crippen LogP contribution in [0.3, 0.4) is 0 Å². The van der Waals surface area contributed by atoms with Gasteiger partial charge in [0, 0.05) is 42.8 Å². The number of methoxy groups -OCH3 is 1. The van der Waals surface area contributed by atoms with Gasteiger partial charge in [-0.15, -0.1) is 0 Å². The molecule has 3 aromatic rings. The van der Waals surface area contributed by atoms with Crippen molar-refractivity contribution in [3.63, 3.8) is 0 Å². The van der Waals surface area contributed by atoms with E-state index in [-0.39, 0.29) is 18.3 Å². The van der Waals surface area contributed by atoms with Gasteiger partial charge in [-0.2, -0.15) is 0 Å². The number of nitrogens with one attached hydrogen (secondary N) is 2. The van der Waals surface area contributed by atoms with Gasteiger partial charge < -0.3 is 20.3 Å². The number of anilines is 2. The molecule has 31 heavy (non-hydrogen) atoms. The predicted octanol–water partition coefficient (Wildman–Crippen LogP) is 3.90. The molecule has 0 spiro atoms. The van der Waals surface area contributed by atoms with Crippen LogP contribution in [0.15, 0.2) is 65.6 Å². The van der Waals surface area contributed by atoms with Gasteiger partial charge in [-0.25, -0.2) is 13.2 Å². The first-order valence-corrected chi connectivity index (χ1v) is 11.6. The minimum absolute atomic E-state index is 0.0544. The highest BCUT2D eigenvalue weighted by molar-refractivity contribution is 7.91. The normalized spacial score (nSPS) is 11.2. The molecule has 7 nitrogen and oxygen atoms in total. The fourth-order valence-electron chi connectivity index (χ4n) is 3.35. The minimum atomic E-state index is -3.50. The number of rotatable bonds is 8. The maximum Gasteiger partial charge on any atom is 0.319 e. The predicted molar refractivity (Wildman–Crippen MR) is 125 cm³/mol. The van der Waals surface area contributed by atoms with Gasteiger partial charge in [0.15, 0.2) is 9.84 Å². The number of hydrogen-bond donors (Lipinski definition) is 2. The van der Waals surface area contributed by atoms with Crippen molar-refractivity contribution in [2.45, 2.75) is 11.3 Å². The molecule has 2 amide bonds. The Morgan fingerprint density at radius 2 is 1.65 bits per heavy atom. The Morgan fingerprint density at radius 3 is 2.32 bits per heavy atom. The topological polar surface area (TPSA) is 87.7 Å². The first-order chi connectivity index (χ1) is 14.8. The summed E-state index contributed by atoms with van der Waals surface area (Å²) in [4.78, 5) is 14.3. The van der Waals surface area contributed by atoms with Gasteiger partial charge in [0.25, 0.3) is 0 Å². The first kappa shape index (κ1) is 22.4. The number of sulfone groups is 1. The lowest BCUT2D eigenvalue weighted by Crippen LogP contribution is -2.30. The molecule has 3 aromatic carbocycles. The number of urea groups is 1. The van der Waals surface area contributed by atoms with Crippen LogP contribution in [-0.2, 0) is 9.84 Å². The number of ether oxygens (including phenoxy) is 1. The molecule has 2 N–H and O–H groups in total. The largest absolute Gasteiger partial charge is 0.497 e. The van der Waals surface area contributed by atoms with Gasteiger partial charge in [-0.05, 0) is 42.8 Å². The Hall–Kier alpha value is -3.26. The van der Waals surface area contributed by atoms with Crippen LogP contribution in [-0.4, -0.2) is 48.0 Å². The molecule has 0 atom stereocenters. The average Bonchev–Trinajstić information content (AvgIpc) is 2.76. The average molecular weight is 442 g/mol. The second-order valence-electron chi connectivity index (χ2n) is 7.30. The summed E-state index contributed by atoms with van der Waals surface area (Å²) in [6, 6.07) is 17.5. The molecule has 0 heterocycles. The maximum absolute atomic E-state index is 13.0. The number of carbonyl (C=O) groups excluding carboxylic acids is 1. The summed E-state index contributed by atoms with van der Waals surface area (Å²) in [5.41, 5.74) is 1.59. The zero-order chi connectivity index (χ0) is 22.4. The molecular formula is C23H27N3O4S. The van der Waals surface area contributed by atoms with E-state index in [4.69, 9.17) is 4.74 Å². The molecule has 0 radical (unpaired) electrons. The second-order valence-corrected chi connectivity index (χ2v) is 9.38. The van der Waals surface area contributed by atoms with Gasteiger partial charge in [0.2, 0.25) is 0 Å². The monoisotopic (exact) mass is 441 g/mol. The summed E-state index contributed by atoms with van der Waals surface area (Å²) >= 11 is 0. The van der Waals surface area contributed by atoms with Crippen molar-refractivity contribution in [3.05, 3.63) is 60.7 Å². The van der Waals surface area contributed by atoms with Gasteiger partial charge in [-0.3, -0.25) is 0 Å². The Kier molecular flexibility index (Phi) is 7.02. The zero-order valence-corrected chi connectivity index (χ0v) is 18.7. The van der Waals surface area contributed by atoms with Crippen molar-refractivity contribution in [2.75, 3.05) is 43.7 Å². The number of nitrogens with zero attached hydrogens (tertiary/aromatic N) is 1. The third kappa shape index (κ3) is 5.46. The molecule has 3 rings (SSSR count). The first-order valence-electron chi connectivity index (χ1n) is 9.92. The summed E-state index contributed by atoms with van der Waals surface area (Å²) in [7, 11) is 1.93. The Labute approximate surface area is 182 Å². The van der Waals surface area contributed by atoms with Crippen LogP contribution in [0.25, 0.3) is 10.8 Å². The van der Waals surface area contributed by atoms with E-state index in [0.717, 1.165) is 11.1 Å². The molecule has 0 fully saturated rings. The summed E-state index contributed by atoms with van der Waals surface area (Å²) in [5, 5.41) is 7.00. The highest BCUT2D eigenvalue weighted by atomic mass is 32.2. The van der Waals surface area contributed by atoms with Crippen LogP contribution in [0.4, 0.5) is 16.2 Å². The quantitative estimate of drug-likeness (QED) is 0.518. The number of amides is 2. The molecule has 0 bridgehead atoms. The lowest BCUT2D eigenvalue weighted by Gasteiger charge is -2.17. The summed E-state index contributed by atoms with van der Waals surface area (Å²) in [5.74, 6) is 0.642. The third-order valence-corrected chi connectivity index (χ3v) is 6.75. The number of carbonyl (C=O) groups is 1. The van der Waals surface area contributed by atoms with Crippen molar-refractivity contribution in [2.24, 2.45) is 0 Å². The van der Waals surface area contributed by atoms with Crippen LogP contribution in [0.2, 0.25) is 0 Å². The molecular weight excluding hydrogens is 414 g/mol. The van der Waals surface area contributed by atoms with E-state index in [1.807, 2.05) is 43.3 Å². The smallest absolute Gasteiger partial charge is 0.319 e. The number of benzene rings is 3. The van der Waals surface area contributed by atoms with E-state index in [0.29, 0.717) is 28.1 Å². The fourth-order valence-corrected chi connectivity index (χ4v) is 4.89. The molecule has 0 aliphatic rings. The van der Waals surface area contributed by atoms with Gasteiger partial charge in [0.05, 0.1) is 17.8 Å². The van der Waals surface area contributed by atoms with Crippen molar-refractivity contribution < 1.29 is 17.9 Å². The van der Waals surface area contributed by atoms with Crippen LogP contribution >= 0.6 is 0 Å².